The Balaban J connectivity index is 2.26. The second-order valence-electron chi connectivity index (χ2n) is 5.91. The molecule has 1 aromatic carbocycles. The zero-order valence-corrected chi connectivity index (χ0v) is 12.8. The largest absolute Gasteiger partial charge is 0.481 e. The third-order valence-electron chi connectivity index (χ3n) is 3.55. The molecule has 21 heavy (non-hydrogen) atoms. The molecule has 0 aliphatic rings. The van der Waals surface area contributed by atoms with Gasteiger partial charge in [-0.05, 0) is 52.0 Å². The molecule has 4 heteroatoms. The minimum atomic E-state index is -0.992. The molecule has 0 saturated carbocycles. The average Bonchev–Trinajstić information content (AvgIpc) is 2.40. The highest BCUT2D eigenvalue weighted by Crippen LogP contribution is 2.36. The van der Waals surface area contributed by atoms with E-state index in [1.165, 1.54) is 0 Å². The number of aromatic nitrogens is 1. The predicted octanol–water partition coefficient (Wildman–Crippen LogP) is 3.80. The predicted molar refractivity (Wildman–Crippen MR) is 81.8 cm³/mol. The highest BCUT2D eigenvalue weighted by Gasteiger charge is 2.37. The van der Waals surface area contributed by atoms with Crippen molar-refractivity contribution in [1.82, 2.24) is 4.98 Å². The minimum Gasteiger partial charge on any atom is -0.481 e. The highest BCUT2D eigenvalue weighted by molar-refractivity contribution is 5.42. The minimum absolute atomic E-state index is 0.577. The summed E-state index contributed by atoms with van der Waals surface area (Å²) in [7, 11) is 0. The topological polar surface area (TPSA) is 51.6 Å². The number of benzene rings is 1. The van der Waals surface area contributed by atoms with Gasteiger partial charge in [-0.15, -0.1) is 0 Å². The molecule has 1 heterocycles. The Hall–Kier alpha value is -2.07. The van der Waals surface area contributed by atoms with Crippen molar-refractivity contribution in [1.29, 1.82) is 0 Å². The normalized spacial score (nSPS) is 12.0. The Morgan fingerprint density at radius 3 is 2.19 bits per heavy atom. The Morgan fingerprint density at radius 1 is 0.952 bits per heavy atom. The van der Waals surface area contributed by atoms with Crippen LogP contribution in [0.2, 0.25) is 0 Å². The van der Waals surface area contributed by atoms with E-state index < -0.39 is 11.2 Å². The lowest BCUT2D eigenvalue weighted by atomic mass is 9.89. The maximum absolute atomic E-state index is 10.2. The van der Waals surface area contributed by atoms with Crippen LogP contribution in [0.4, 0.5) is 0 Å². The molecule has 2 rings (SSSR count). The molecule has 4 nitrogen and oxygen atoms in total. The van der Waals surface area contributed by atoms with Gasteiger partial charge >= 0.3 is 0 Å². The van der Waals surface area contributed by atoms with Crippen molar-refractivity contribution in [2.24, 2.45) is 0 Å². The van der Waals surface area contributed by atoms with Crippen LogP contribution in [0.15, 0.2) is 48.8 Å². The summed E-state index contributed by atoms with van der Waals surface area (Å²) in [5.41, 5.74) is -1.75. The lowest BCUT2D eigenvalue weighted by Crippen LogP contribution is -2.49. The zero-order chi connectivity index (χ0) is 15.5. The molecule has 0 radical (unpaired) electrons. The van der Waals surface area contributed by atoms with Gasteiger partial charge in [0.1, 0.15) is 11.4 Å². The summed E-state index contributed by atoms with van der Waals surface area (Å²) in [4.78, 5) is 4.02. The number of nitrogens with zero attached hydrogens (tertiary/aromatic N) is 1. The van der Waals surface area contributed by atoms with E-state index >= 15 is 0 Å². The summed E-state index contributed by atoms with van der Waals surface area (Å²) in [6.07, 6.45) is 3.32. The highest BCUT2D eigenvalue weighted by atomic mass is 16.5. The quantitative estimate of drug-likeness (QED) is 0.908. The summed E-state index contributed by atoms with van der Waals surface area (Å²) >= 11 is 0. The number of para-hydroxylation sites is 2. The van der Waals surface area contributed by atoms with Gasteiger partial charge in [0.2, 0.25) is 0 Å². The summed E-state index contributed by atoms with van der Waals surface area (Å²) in [6.45, 7) is 7.12. The molecule has 1 N–H and O–H groups in total. The first kappa shape index (κ1) is 15.3. The first-order chi connectivity index (χ1) is 9.79. The second kappa shape index (κ2) is 5.74. The molecule has 0 fully saturated rings. The molecule has 1 aromatic heterocycles. The molecule has 0 saturated heterocycles. The third kappa shape index (κ3) is 3.73. The molecule has 0 aliphatic carbocycles. The molecule has 112 valence electrons. The van der Waals surface area contributed by atoms with Gasteiger partial charge < -0.3 is 14.6 Å². The van der Waals surface area contributed by atoms with Crippen LogP contribution < -0.4 is 9.47 Å². The molecule has 0 bridgehead atoms. The molecule has 0 unspecified atom stereocenters. The molecule has 0 spiro atoms. The Labute approximate surface area is 125 Å². The van der Waals surface area contributed by atoms with Gasteiger partial charge in [-0.3, -0.25) is 4.98 Å². The van der Waals surface area contributed by atoms with Gasteiger partial charge in [0, 0.05) is 6.20 Å². The Morgan fingerprint density at radius 2 is 1.62 bits per heavy atom. The summed E-state index contributed by atoms with van der Waals surface area (Å²) in [5.74, 6) is 1.80. The smallest absolute Gasteiger partial charge is 0.169 e. The second-order valence-corrected chi connectivity index (χ2v) is 5.91. The number of rotatable bonds is 5. The SMILES string of the molecule is CC(C)(O)C(C)(C)Oc1ccccc1Oc1cccnc1. The van der Waals surface area contributed by atoms with E-state index in [4.69, 9.17) is 9.47 Å². The van der Waals surface area contributed by atoms with Crippen LogP contribution in [0.3, 0.4) is 0 Å². The fraction of sp³-hybridized carbons (Fsp3) is 0.353. The summed E-state index contributed by atoms with van der Waals surface area (Å²) in [6, 6.07) is 11.0. The number of hydrogen-bond acceptors (Lipinski definition) is 4. The number of aliphatic hydroxyl groups is 1. The van der Waals surface area contributed by atoms with E-state index in [1.54, 1.807) is 32.3 Å². The van der Waals surface area contributed by atoms with Crippen LogP contribution in [0.5, 0.6) is 17.2 Å². The van der Waals surface area contributed by atoms with Crippen molar-refractivity contribution in [2.45, 2.75) is 38.9 Å². The molecular formula is C17H21NO3. The summed E-state index contributed by atoms with van der Waals surface area (Å²) < 4.78 is 11.8. The molecule has 0 aliphatic heterocycles. The van der Waals surface area contributed by atoms with Crippen molar-refractivity contribution >= 4 is 0 Å². The molecule has 0 amide bonds. The van der Waals surface area contributed by atoms with Crippen molar-refractivity contribution < 1.29 is 14.6 Å². The van der Waals surface area contributed by atoms with Gasteiger partial charge in [-0.1, -0.05) is 12.1 Å². The van der Waals surface area contributed by atoms with Crippen molar-refractivity contribution in [3.05, 3.63) is 48.8 Å². The Kier molecular flexibility index (Phi) is 4.19. The van der Waals surface area contributed by atoms with Gasteiger partial charge in [0.05, 0.1) is 11.8 Å². The third-order valence-corrected chi connectivity index (χ3v) is 3.55. The maximum Gasteiger partial charge on any atom is 0.169 e. The summed E-state index contributed by atoms with van der Waals surface area (Å²) in [5, 5.41) is 10.2. The van der Waals surface area contributed by atoms with Crippen LogP contribution in [0.25, 0.3) is 0 Å². The standard InChI is InChI=1S/C17H21NO3/c1-16(2,19)17(3,4)21-15-10-6-5-9-14(15)20-13-8-7-11-18-12-13/h5-12,19H,1-4H3. The molecule has 2 aromatic rings. The van der Waals surface area contributed by atoms with Crippen LogP contribution in [0.1, 0.15) is 27.7 Å². The Bertz CT molecular complexity index is 588. The van der Waals surface area contributed by atoms with E-state index in [1.807, 2.05) is 44.2 Å². The van der Waals surface area contributed by atoms with E-state index in [2.05, 4.69) is 4.98 Å². The van der Waals surface area contributed by atoms with Gasteiger partial charge in [-0.2, -0.15) is 0 Å². The van der Waals surface area contributed by atoms with Crippen molar-refractivity contribution in [3.63, 3.8) is 0 Å². The van der Waals surface area contributed by atoms with Crippen LogP contribution in [0, 0.1) is 0 Å². The van der Waals surface area contributed by atoms with E-state index in [9.17, 15) is 5.11 Å². The van der Waals surface area contributed by atoms with Gasteiger partial charge in [-0.25, -0.2) is 0 Å². The van der Waals surface area contributed by atoms with E-state index in [0.29, 0.717) is 17.2 Å². The van der Waals surface area contributed by atoms with Crippen LogP contribution >= 0.6 is 0 Å². The van der Waals surface area contributed by atoms with Gasteiger partial charge in [0.25, 0.3) is 0 Å². The first-order valence-electron chi connectivity index (χ1n) is 6.88. The van der Waals surface area contributed by atoms with Gasteiger partial charge in [0.15, 0.2) is 11.5 Å². The van der Waals surface area contributed by atoms with Crippen LogP contribution in [-0.2, 0) is 0 Å². The number of pyridine rings is 1. The lowest BCUT2D eigenvalue weighted by Gasteiger charge is -2.37. The van der Waals surface area contributed by atoms with E-state index in [0.717, 1.165) is 0 Å². The monoisotopic (exact) mass is 287 g/mol. The fourth-order valence-corrected chi connectivity index (χ4v) is 1.55. The van der Waals surface area contributed by atoms with Crippen molar-refractivity contribution in [2.75, 3.05) is 0 Å². The van der Waals surface area contributed by atoms with E-state index in [-0.39, 0.29) is 0 Å². The average molecular weight is 287 g/mol. The number of hydrogen-bond donors (Lipinski definition) is 1. The zero-order valence-electron chi connectivity index (χ0n) is 12.8. The van der Waals surface area contributed by atoms with Crippen molar-refractivity contribution in [3.8, 4) is 17.2 Å². The number of ether oxygens (including phenoxy) is 2. The molecule has 0 atom stereocenters. The fourth-order valence-electron chi connectivity index (χ4n) is 1.55. The van der Waals surface area contributed by atoms with Crippen LogP contribution in [-0.4, -0.2) is 21.3 Å². The first-order valence-corrected chi connectivity index (χ1v) is 6.88. The lowest BCUT2D eigenvalue weighted by molar-refractivity contribution is -0.0912. The maximum atomic E-state index is 10.2. The molecular weight excluding hydrogens is 266 g/mol.